The highest BCUT2D eigenvalue weighted by atomic mass is 79.9. The summed E-state index contributed by atoms with van der Waals surface area (Å²) in [6.07, 6.45) is -1.29. The second-order valence-electron chi connectivity index (χ2n) is 4.95. The number of amides is 1. The molecule has 18 heavy (non-hydrogen) atoms. The summed E-state index contributed by atoms with van der Waals surface area (Å²) < 4.78 is 5.96. The Hall–Kier alpha value is -1.07. The average Bonchev–Trinajstić information content (AvgIpc) is 2.23. The Morgan fingerprint density at radius 3 is 2.72 bits per heavy atom. The number of carbonyl (C=O) groups excluding carboxylic acids is 1. The third kappa shape index (κ3) is 5.51. The fourth-order valence-corrected chi connectivity index (χ4v) is 1.74. The summed E-state index contributed by atoms with van der Waals surface area (Å²) >= 11 is 3.33. The van der Waals surface area contributed by atoms with Crippen molar-refractivity contribution in [3.8, 4) is 0 Å². The molecule has 1 aromatic rings. The van der Waals surface area contributed by atoms with Crippen LogP contribution in [0.5, 0.6) is 0 Å². The first-order valence-corrected chi connectivity index (χ1v) is 6.47. The smallest absolute Gasteiger partial charge is 0.407 e. The second kappa shape index (κ2) is 6.20. The fraction of sp³-hybridized carbons (Fsp3) is 0.462. The van der Waals surface area contributed by atoms with E-state index in [1.54, 1.807) is 32.9 Å². The summed E-state index contributed by atoms with van der Waals surface area (Å²) in [6, 6.07) is 7.31. The van der Waals surface area contributed by atoms with Gasteiger partial charge in [-0.2, -0.15) is 0 Å². The number of nitrogens with one attached hydrogen (secondary N) is 1. The van der Waals surface area contributed by atoms with Crippen molar-refractivity contribution in [1.29, 1.82) is 0 Å². The molecule has 0 unspecified atom stereocenters. The summed E-state index contributed by atoms with van der Waals surface area (Å²) in [5.74, 6) is 0. The Balaban J connectivity index is 2.46. The zero-order chi connectivity index (χ0) is 13.8. The lowest BCUT2D eigenvalue weighted by atomic mass is 10.1. The molecule has 0 fully saturated rings. The van der Waals surface area contributed by atoms with E-state index in [0.29, 0.717) is 0 Å². The monoisotopic (exact) mass is 315 g/mol. The largest absolute Gasteiger partial charge is 0.444 e. The van der Waals surface area contributed by atoms with Gasteiger partial charge in [0.1, 0.15) is 5.60 Å². The molecule has 0 radical (unpaired) electrons. The summed E-state index contributed by atoms with van der Waals surface area (Å²) in [5, 5.41) is 12.4. The average molecular weight is 316 g/mol. The maximum Gasteiger partial charge on any atom is 0.407 e. The molecule has 1 aromatic carbocycles. The van der Waals surface area contributed by atoms with Crippen LogP contribution in [-0.2, 0) is 4.74 Å². The number of hydrogen-bond acceptors (Lipinski definition) is 3. The number of hydrogen-bond donors (Lipinski definition) is 2. The number of rotatable bonds is 3. The van der Waals surface area contributed by atoms with Crippen molar-refractivity contribution in [2.24, 2.45) is 0 Å². The van der Waals surface area contributed by atoms with Crippen LogP contribution in [0.3, 0.4) is 0 Å². The van der Waals surface area contributed by atoms with Gasteiger partial charge in [0.25, 0.3) is 0 Å². The zero-order valence-electron chi connectivity index (χ0n) is 10.7. The highest BCUT2D eigenvalue weighted by Crippen LogP contribution is 2.17. The van der Waals surface area contributed by atoms with Gasteiger partial charge < -0.3 is 15.2 Å². The molecule has 1 amide bonds. The van der Waals surface area contributed by atoms with Crippen molar-refractivity contribution >= 4 is 22.0 Å². The van der Waals surface area contributed by atoms with E-state index in [2.05, 4.69) is 21.2 Å². The lowest BCUT2D eigenvalue weighted by molar-refractivity contribution is 0.0492. The van der Waals surface area contributed by atoms with Gasteiger partial charge in [-0.05, 0) is 38.5 Å². The number of ether oxygens (including phenoxy) is 1. The number of carbonyl (C=O) groups is 1. The van der Waals surface area contributed by atoms with Crippen LogP contribution >= 0.6 is 15.9 Å². The summed E-state index contributed by atoms with van der Waals surface area (Å²) in [5.41, 5.74) is 0.200. The first kappa shape index (κ1) is 15.0. The maximum atomic E-state index is 11.4. The van der Waals surface area contributed by atoms with Gasteiger partial charge in [-0.1, -0.05) is 28.1 Å². The molecule has 0 aliphatic rings. The first-order chi connectivity index (χ1) is 8.28. The predicted molar refractivity (Wildman–Crippen MR) is 73.3 cm³/mol. The van der Waals surface area contributed by atoms with Crippen LogP contribution in [0.25, 0.3) is 0 Å². The molecule has 0 heterocycles. The standard InChI is InChI=1S/C13H18BrNO3/c1-13(2,3)18-12(17)15-8-11(16)9-5-4-6-10(14)7-9/h4-7,11,16H,8H2,1-3H3,(H,15,17)/t11-/m0/s1. The van der Waals surface area contributed by atoms with E-state index in [1.807, 2.05) is 12.1 Å². The molecule has 4 nitrogen and oxygen atoms in total. The van der Waals surface area contributed by atoms with Gasteiger partial charge in [0.15, 0.2) is 0 Å². The van der Waals surface area contributed by atoms with Crippen molar-refractivity contribution < 1.29 is 14.6 Å². The van der Waals surface area contributed by atoms with E-state index >= 15 is 0 Å². The van der Waals surface area contributed by atoms with Gasteiger partial charge in [0, 0.05) is 4.47 Å². The summed E-state index contributed by atoms with van der Waals surface area (Å²) in [7, 11) is 0. The Kier molecular flexibility index (Phi) is 5.16. The van der Waals surface area contributed by atoms with Crippen LogP contribution in [-0.4, -0.2) is 23.3 Å². The molecule has 1 atom stereocenters. The molecule has 0 aliphatic carbocycles. The van der Waals surface area contributed by atoms with Crippen molar-refractivity contribution in [2.45, 2.75) is 32.5 Å². The molecule has 1 rings (SSSR count). The van der Waals surface area contributed by atoms with Crippen molar-refractivity contribution in [2.75, 3.05) is 6.54 Å². The first-order valence-electron chi connectivity index (χ1n) is 5.68. The normalized spacial score (nSPS) is 12.9. The highest BCUT2D eigenvalue weighted by molar-refractivity contribution is 9.10. The SMILES string of the molecule is CC(C)(C)OC(=O)NC[C@H](O)c1cccc(Br)c1. The Morgan fingerprint density at radius 1 is 1.50 bits per heavy atom. The van der Waals surface area contributed by atoms with E-state index in [-0.39, 0.29) is 6.54 Å². The van der Waals surface area contributed by atoms with Crippen LogP contribution < -0.4 is 5.32 Å². The van der Waals surface area contributed by atoms with Gasteiger partial charge in [0.05, 0.1) is 12.6 Å². The highest BCUT2D eigenvalue weighted by Gasteiger charge is 2.17. The summed E-state index contributed by atoms with van der Waals surface area (Å²) in [4.78, 5) is 11.4. The zero-order valence-corrected chi connectivity index (χ0v) is 12.3. The Labute approximate surface area is 115 Å². The molecule has 0 bridgehead atoms. The minimum Gasteiger partial charge on any atom is -0.444 e. The van der Waals surface area contributed by atoms with E-state index in [9.17, 15) is 9.90 Å². The van der Waals surface area contributed by atoms with Crippen LogP contribution in [0, 0.1) is 0 Å². The van der Waals surface area contributed by atoms with E-state index in [4.69, 9.17) is 4.74 Å². The van der Waals surface area contributed by atoms with Crippen LogP contribution in [0.1, 0.15) is 32.4 Å². The topological polar surface area (TPSA) is 58.6 Å². The maximum absolute atomic E-state index is 11.4. The van der Waals surface area contributed by atoms with Gasteiger partial charge >= 0.3 is 6.09 Å². The number of halogens is 1. The number of benzene rings is 1. The lowest BCUT2D eigenvalue weighted by Gasteiger charge is -2.20. The van der Waals surface area contributed by atoms with E-state index < -0.39 is 17.8 Å². The minimum atomic E-state index is -0.755. The molecule has 0 spiro atoms. The van der Waals surface area contributed by atoms with E-state index in [1.165, 1.54) is 0 Å². The van der Waals surface area contributed by atoms with Gasteiger partial charge in [-0.15, -0.1) is 0 Å². The molecular weight excluding hydrogens is 298 g/mol. The van der Waals surface area contributed by atoms with Crippen LogP contribution in [0.15, 0.2) is 28.7 Å². The molecular formula is C13H18BrNO3. The molecule has 0 saturated heterocycles. The second-order valence-corrected chi connectivity index (χ2v) is 5.87. The molecule has 0 saturated carbocycles. The molecule has 2 N–H and O–H groups in total. The molecule has 5 heteroatoms. The van der Waals surface area contributed by atoms with Gasteiger partial charge in [0.2, 0.25) is 0 Å². The predicted octanol–water partition coefficient (Wildman–Crippen LogP) is 3.01. The van der Waals surface area contributed by atoms with E-state index in [0.717, 1.165) is 10.0 Å². The quantitative estimate of drug-likeness (QED) is 0.901. The Bertz CT molecular complexity index is 415. The number of aliphatic hydroxyl groups excluding tert-OH is 1. The number of alkyl carbamates (subject to hydrolysis) is 1. The van der Waals surface area contributed by atoms with Crippen LogP contribution in [0.4, 0.5) is 4.79 Å². The minimum absolute atomic E-state index is 0.116. The van der Waals surface area contributed by atoms with Gasteiger partial charge in [-0.3, -0.25) is 0 Å². The van der Waals surface area contributed by atoms with Crippen LogP contribution in [0.2, 0.25) is 0 Å². The molecule has 0 aliphatic heterocycles. The third-order valence-corrected chi connectivity index (χ3v) is 2.57. The fourth-order valence-electron chi connectivity index (χ4n) is 1.33. The molecule has 100 valence electrons. The lowest BCUT2D eigenvalue weighted by Crippen LogP contribution is -2.34. The molecule has 0 aromatic heterocycles. The Morgan fingerprint density at radius 2 is 2.17 bits per heavy atom. The third-order valence-electron chi connectivity index (χ3n) is 2.07. The number of aliphatic hydroxyl groups is 1. The van der Waals surface area contributed by atoms with Gasteiger partial charge in [-0.25, -0.2) is 4.79 Å². The van der Waals surface area contributed by atoms with Crippen molar-refractivity contribution in [3.05, 3.63) is 34.3 Å². The van der Waals surface area contributed by atoms with Crippen molar-refractivity contribution in [3.63, 3.8) is 0 Å². The summed E-state index contributed by atoms with van der Waals surface area (Å²) in [6.45, 7) is 5.48. The van der Waals surface area contributed by atoms with Crippen molar-refractivity contribution in [1.82, 2.24) is 5.32 Å².